The van der Waals surface area contributed by atoms with Crippen LogP contribution in [0.1, 0.15) is 69.7 Å². The summed E-state index contributed by atoms with van der Waals surface area (Å²) in [7, 11) is 0. The molecule has 0 heterocycles. The first kappa shape index (κ1) is 24.6. The molecule has 4 nitrogen and oxygen atoms in total. The molecule has 0 fully saturated rings. The van der Waals surface area contributed by atoms with Gasteiger partial charge in [-0.25, -0.2) is 0 Å². The molecule has 31 heavy (non-hydrogen) atoms. The highest BCUT2D eigenvalue weighted by Crippen LogP contribution is 2.23. The lowest BCUT2D eigenvalue weighted by Crippen LogP contribution is -2.49. The maximum absolute atomic E-state index is 13.3. The number of hydrogen-bond donors (Lipinski definition) is 1. The average Bonchev–Trinajstić information content (AvgIpc) is 2.72. The zero-order valence-corrected chi connectivity index (χ0v) is 20.0. The van der Waals surface area contributed by atoms with E-state index in [0.29, 0.717) is 32.4 Å². The molecule has 0 bridgehead atoms. The van der Waals surface area contributed by atoms with Gasteiger partial charge in [-0.3, -0.25) is 9.59 Å². The van der Waals surface area contributed by atoms with Gasteiger partial charge < -0.3 is 10.2 Å². The lowest BCUT2D eigenvalue weighted by atomic mass is 9.86. The third-order valence-electron chi connectivity index (χ3n) is 5.62. The molecule has 2 rings (SSSR count). The zero-order valence-electron chi connectivity index (χ0n) is 20.0. The number of nitrogens with one attached hydrogen (secondary N) is 1. The van der Waals surface area contributed by atoms with Crippen LogP contribution >= 0.6 is 0 Å². The molecule has 0 saturated heterocycles. The molecule has 0 aliphatic carbocycles. The number of carbonyl (C=O) groups is 2. The minimum atomic E-state index is -0.462. The van der Waals surface area contributed by atoms with Gasteiger partial charge in [-0.05, 0) is 48.8 Å². The minimum absolute atomic E-state index is 0.0134. The summed E-state index contributed by atoms with van der Waals surface area (Å²) in [6, 6.07) is 16.2. The lowest BCUT2D eigenvalue weighted by Gasteiger charge is -2.30. The largest absolute Gasteiger partial charge is 0.355 e. The second-order valence-corrected chi connectivity index (χ2v) is 9.28. The van der Waals surface area contributed by atoms with Crippen molar-refractivity contribution in [3.8, 4) is 0 Å². The van der Waals surface area contributed by atoms with E-state index in [0.717, 1.165) is 16.7 Å². The molecule has 168 valence electrons. The second kappa shape index (κ2) is 11.1. The van der Waals surface area contributed by atoms with E-state index in [4.69, 9.17) is 0 Å². The molecule has 2 aromatic carbocycles. The van der Waals surface area contributed by atoms with E-state index >= 15 is 0 Å². The van der Waals surface area contributed by atoms with Crippen molar-refractivity contribution in [1.82, 2.24) is 10.2 Å². The van der Waals surface area contributed by atoms with Gasteiger partial charge in [-0.15, -0.1) is 0 Å². The molecule has 0 saturated carbocycles. The van der Waals surface area contributed by atoms with Crippen LogP contribution < -0.4 is 5.32 Å². The van der Waals surface area contributed by atoms with Crippen LogP contribution in [0.2, 0.25) is 0 Å². The van der Waals surface area contributed by atoms with E-state index in [1.807, 2.05) is 39.0 Å². The Bertz CT molecular complexity index is 866. The number of amides is 2. The van der Waals surface area contributed by atoms with Gasteiger partial charge >= 0.3 is 0 Å². The predicted molar refractivity (Wildman–Crippen MR) is 128 cm³/mol. The molecule has 0 radical (unpaired) electrons. The third-order valence-corrected chi connectivity index (χ3v) is 5.62. The zero-order chi connectivity index (χ0) is 23.0. The van der Waals surface area contributed by atoms with E-state index in [1.54, 1.807) is 4.90 Å². The Hall–Kier alpha value is -2.62. The highest BCUT2D eigenvalue weighted by Gasteiger charge is 2.28. The molecule has 2 amide bonds. The third kappa shape index (κ3) is 7.23. The molecule has 0 unspecified atom stereocenters. The number of benzene rings is 2. The first-order valence-electron chi connectivity index (χ1n) is 11.4. The SMILES string of the molecule is CCNC(=O)[C@@H](CC)N(Cc1cccc(C)c1)C(=O)CCc1ccc(C(C)(C)C)cc1. The topological polar surface area (TPSA) is 49.4 Å². The van der Waals surface area contributed by atoms with Crippen molar-refractivity contribution in [1.29, 1.82) is 0 Å². The summed E-state index contributed by atoms with van der Waals surface area (Å²) >= 11 is 0. The van der Waals surface area contributed by atoms with Crippen LogP contribution in [-0.2, 0) is 28.0 Å². The van der Waals surface area contributed by atoms with Crippen molar-refractivity contribution < 1.29 is 9.59 Å². The van der Waals surface area contributed by atoms with Gasteiger partial charge in [0, 0.05) is 19.5 Å². The standard InChI is InChI=1S/C27H38N2O2/c1-7-24(26(31)28-8-2)29(19-22-11-9-10-20(3)18-22)25(30)17-14-21-12-15-23(16-13-21)27(4,5)6/h9-13,15-16,18,24H,7-8,14,17,19H2,1-6H3,(H,28,31)/t24-/m1/s1. The van der Waals surface area contributed by atoms with E-state index in [-0.39, 0.29) is 17.2 Å². The van der Waals surface area contributed by atoms with Gasteiger partial charge in [-0.1, -0.05) is 81.8 Å². The Morgan fingerprint density at radius 2 is 1.68 bits per heavy atom. The van der Waals surface area contributed by atoms with E-state index in [2.05, 4.69) is 56.4 Å². The van der Waals surface area contributed by atoms with E-state index in [1.165, 1.54) is 5.56 Å². The summed E-state index contributed by atoms with van der Waals surface area (Å²) in [4.78, 5) is 27.7. The Kier molecular flexibility index (Phi) is 8.85. The highest BCUT2D eigenvalue weighted by molar-refractivity contribution is 5.87. The minimum Gasteiger partial charge on any atom is -0.355 e. The highest BCUT2D eigenvalue weighted by atomic mass is 16.2. The molecule has 4 heteroatoms. The van der Waals surface area contributed by atoms with Crippen LogP contribution in [0.25, 0.3) is 0 Å². The quantitative estimate of drug-likeness (QED) is 0.606. The van der Waals surface area contributed by atoms with Crippen molar-refractivity contribution in [2.75, 3.05) is 6.54 Å². The fourth-order valence-electron chi connectivity index (χ4n) is 3.79. The molecule has 1 atom stereocenters. The molecule has 0 spiro atoms. The van der Waals surface area contributed by atoms with Crippen LogP contribution in [0.4, 0.5) is 0 Å². The molecule has 0 aromatic heterocycles. The fraction of sp³-hybridized carbons (Fsp3) is 0.481. The second-order valence-electron chi connectivity index (χ2n) is 9.28. The summed E-state index contributed by atoms with van der Waals surface area (Å²) in [5, 5.41) is 2.89. The van der Waals surface area contributed by atoms with Crippen LogP contribution in [0.15, 0.2) is 48.5 Å². The molecule has 1 N–H and O–H groups in total. The summed E-state index contributed by atoms with van der Waals surface area (Å²) < 4.78 is 0. The Morgan fingerprint density at radius 3 is 2.23 bits per heavy atom. The Morgan fingerprint density at radius 1 is 1.00 bits per heavy atom. The smallest absolute Gasteiger partial charge is 0.242 e. The molecule has 0 aliphatic rings. The van der Waals surface area contributed by atoms with Crippen molar-refractivity contribution in [2.24, 2.45) is 0 Å². The monoisotopic (exact) mass is 422 g/mol. The first-order valence-corrected chi connectivity index (χ1v) is 11.4. The van der Waals surface area contributed by atoms with Crippen LogP contribution in [0.5, 0.6) is 0 Å². The van der Waals surface area contributed by atoms with Gasteiger partial charge in [0.15, 0.2) is 0 Å². The Balaban J connectivity index is 2.17. The normalized spacial score (nSPS) is 12.3. The number of likely N-dealkylation sites (N-methyl/N-ethyl adjacent to an activating group) is 1. The van der Waals surface area contributed by atoms with Gasteiger partial charge in [0.1, 0.15) is 6.04 Å². The summed E-state index contributed by atoms with van der Waals surface area (Å²) in [5.74, 6) is -0.0694. The Labute approximate surface area is 188 Å². The van der Waals surface area contributed by atoms with Crippen LogP contribution in [-0.4, -0.2) is 29.3 Å². The van der Waals surface area contributed by atoms with Crippen molar-refractivity contribution in [3.63, 3.8) is 0 Å². The number of rotatable bonds is 9. The molecular weight excluding hydrogens is 384 g/mol. The molecule has 0 aliphatic heterocycles. The van der Waals surface area contributed by atoms with Crippen molar-refractivity contribution in [3.05, 3.63) is 70.8 Å². The van der Waals surface area contributed by atoms with Crippen molar-refractivity contribution >= 4 is 11.8 Å². The van der Waals surface area contributed by atoms with Gasteiger partial charge in [0.05, 0.1) is 0 Å². The van der Waals surface area contributed by atoms with Crippen molar-refractivity contribution in [2.45, 2.75) is 78.8 Å². The summed E-state index contributed by atoms with van der Waals surface area (Å²) in [5.41, 5.74) is 4.73. The first-order chi connectivity index (χ1) is 14.7. The maximum Gasteiger partial charge on any atom is 0.242 e. The number of carbonyl (C=O) groups excluding carboxylic acids is 2. The fourth-order valence-corrected chi connectivity index (χ4v) is 3.79. The number of aryl methyl sites for hydroxylation is 2. The average molecular weight is 423 g/mol. The predicted octanol–water partition coefficient (Wildman–Crippen LogP) is 5.17. The van der Waals surface area contributed by atoms with Gasteiger partial charge in [0.25, 0.3) is 0 Å². The summed E-state index contributed by atoms with van der Waals surface area (Å²) in [6.07, 6.45) is 1.64. The van der Waals surface area contributed by atoms with Crippen LogP contribution in [0, 0.1) is 6.92 Å². The van der Waals surface area contributed by atoms with Gasteiger partial charge in [-0.2, -0.15) is 0 Å². The maximum atomic E-state index is 13.3. The summed E-state index contributed by atoms with van der Waals surface area (Å²) in [6.45, 7) is 13.5. The van der Waals surface area contributed by atoms with E-state index < -0.39 is 6.04 Å². The number of hydrogen-bond acceptors (Lipinski definition) is 2. The van der Waals surface area contributed by atoms with Gasteiger partial charge in [0.2, 0.25) is 11.8 Å². The lowest BCUT2D eigenvalue weighted by molar-refractivity contribution is -0.141. The molecular formula is C27H38N2O2. The van der Waals surface area contributed by atoms with E-state index in [9.17, 15) is 9.59 Å². The number of nitrogens with zero attached hydrogens (tertiary/aromatic N) is 1. The van der Waals surface area contributed by atoms with Crippen LogP contribution in [0.3, 0.4) is 0 Å². The molecule has 2 aromatic rings.